The molecule has 0 spiro atoms. The minimum absolute atomic E-state index is 0.117. The summed E-state index contributed by atoms with van der Waals surface area (Å²) < 4.78 is 14.5. The first-order valence-corrected chi connectivity index (χ1v) is 8.56. The predicted molar refractivity (Wildman–Crippen MR) is 85.6 cm³/mol. The van der Waals surface area contributed by atoms with Crippen LogP contribution < -0.4 is 4.90 Å². The van der Waals surface area contributed by atoms with Crippen molar-refractivity contribution in [3.63, 3.8) is 0 Å². The van der Waals surface area contributed by atoms with Crippen LogP contribution >= 0.6 is 11.3 Å². The molecule has 1 N–H and O–H groups in total. The Morgan fingerprint density at radius 2 is 2.36 bits per heavy atom. The van der Waals surface area contributed by atoms with Crippen LogP contribution in [-0.2, 0) is 6.42 Å². The van der Waals surface area contributed by atoms with Crippen molar-refractivity contribution in [1.82, 2.24) is 9.97 Å². The van der Waals surface area contributed by atoms with E-state index in [1.165, 1.54) is 6.33 Å². The van der Waals surface area contributed by atoms with E-state index in [2.05, 4.69) is 9.97 Å². The Labute approximate surface area is 133 Å². The summed E-state index contributed by atoms with van der Waals surface area (Å²) in [5.41, 5.74) is 0.453. The van der Waals surface area contributed by atoms with E-state index in [-0.39, 0.29) is 11.9 Å². The number of thiophene rings is 1. The van der Waals surface area contributed by atoms with Gasteiger partial charge in [-0.3, -0.25) is 0 Å². The highest BCUT2D eigenvalue weighted by molar-refractivity contribution is 7.10. The molecule has 2 unspecified atom stereocenters. The van der Waals surface area contributed by atoms with E-state index in [4.69, 9.17) is 0 Å². The highest BCUT2D eigenvalue weighted by atomic mass is 32.1. The van der Waals surface area contributed by atoms with E-state index in [1.54, 1.807) is 11.3 Å². The molecule has 0 bridgehead atoms. The van der Waals surface area contributed by atoms with Gasteiger partial charge in [0.05, 0.1) is 11.8 Å². The lowest BCUT2D eigenvalue weighted by molar-refractivity contribution is 0.161. The van der Waals surface area contributed by atoms with Gasteiger partial charge >= 0.3 is 0 Å². The molecule has 2 atom stereocenters. The number of aromatic nitrogens is 2. The van der Waals surface area contributed by atoms with E-state index < -0.39 is 6.10 Å². The normalized spacial score (nSPS) is 19.6. The Morgan fingerprint density at radius 3 is 3.09 bits per heavy atom. The Kier molecular flexibility index (Phi) is 4.69. The molecule has 0 aromatic carbocycles. The van der Waals surface area contributed by atoms with Crippen LogP contribution in [0.1, 0.15) is 42.9 Å². The largest absolute Gasteiger partial charge is 0.387 e. The van der Waals surface area contributed by atoms with Crippen molar-refractivity contribution in [2.24, 2.45) is 0 Å². The molecule has 1 fully saturated rings. The monoisotopic (exact) mass is 321 g/mol. The molecule has 2 aromatic rings. The van der Waals surface area contributed by atoms with Gasteiger partial charge in [0.15, 0.2) is 11.6 Å². The van der Waals surface area contributed by atoms with Crippen molar-refractivity contribution < 1.29 is 9.50 Å². The number of hydrogen-bond acceptors (Lipinski definition) is 5. The maximum Gasteiger partial charge on any atom is 0.187 e. The smallest absolute Gasteiger partial charge is 0.187 e. The van der Waals surface area contributed by atoms with Crippen molar-refractivity contribution in [2.45, 2.75) is 44.8 Å². The number of anilines is 1. The highest BCUT2D eigenvalue weighted by Crippen LogP contribution is 2.33. The van der Waals surface area contributed by atoms with Crippen LogP contribution in [0.15, 0.2) is 23.8 Å². The van der Waals surface area contributed by atoms with E-state index in [0.29, 0.717) is 24.4 Å². The number of halogens is 1. The summed E-state index contributed by atoms with van der Waals surface area (Å²) in [5.74, 6) is 0.0650. The van der Waals surface area contributed by atoms with Crippen LogP contribution in [0.25, 0.3) is 0 Å². The minimum atomic E-state index is -0.499. The third-order valence-corrected chi connectivity index (χ3v) is 5.17. The molecular weight excluding hydrogens is 301 g/mol. The lowest BCUT2D eigenvalue weighted by atomic mass is 10.1. The van der Waals surface area contributed by atoms with Gasteiger partial charge in [-0.2, -0.15) is 0 Å². The van der Waals surface area contributed by atoms with Crippen LogP contribution in [0.4, 0.5) is 10.2 Å². The maximum absolute atomic E-state index is 14.5. The van der Waals surface area contributed by atoms with Crippen molar-refractivity contribution in [1.29, 1.82) is 0 Å². The summed E-state index contributed by atoms with van der Waals surface area (Å²) in [5, 5.41) is 12.3. The number of hydrogen-bond donors (Lipinski definition) is 1. The lowest BCUT2D eigenvalue weighted by Crippen LogP contribution is -2.32. The van der Waals surface area contributed by atoms with Gasteiger partial charge in [0.1, 0.15) is 6.33 Å². The molecule has 6 heteroatoms. The summed E-state index contributed by atoms with van der Waals surface area (Å²) in [6, 6.07) is 3.99. The minimum Gasteiger partial charge on any atom is -0.387 e. The zero-order valence-electron chi connectivity index (χ0n) is 12.6. The Bertz CT molecular complexity index is 620. The van der Waals surface area contributed by atoms with E-state index in [0.717, 1.165) is 24.3 Å². The summed E-state index contributed by atoms with van der Waals surface area (Å²) in [6.45, 7) is 2.66. The van der Waals surface area contributed by atoms with Crippen molar-refractivity contribution in [2.75, 3.05) is 11.4 Å². The topological polar surface area (TPSA) is 49.2 Å². The van der Waals surface area contributed by atoms with Gasteiger partial charge in [-0.15, -0.1) is 11.3 Å². The Morgan fingerprint density at radius 1 is 1.50 bits per heavy atom. The molecule has 22 heavy (non-hydrogen) atoms. The molecule has 0 radical (unpaired) electrons. The van der Waals surface area contributed by atoms with Crippen molar-refractivity contribution in [3.8, 4) is 0 Å². The first-order chi connectivity index (χ1) is 10.7. The van der Waals surface area contributed by atoms with Gasteiger partial charge < -0.3 is 10.0 Å². The van der Waals surface area contributed by atoms with Crippen LogP contribution in [-0.4, -0.2) is 27.7 Å². The molecule has 0 saturated carbocycles. The van der Waals surface area contributed by atoms with Crippen LogP contribution in [0, 0.1) is 5.82 Å². The molecular formula is C16H20FN3OS. The second-order valence-electron chi connectivity index (χ2n) is 5.57. The molecule has 118 valence electrons. The maximum atomic E-state index is 14.5. The SMILES string of the molecule is CCc1ncnc(N2CCCC2CC(O)c2cccs2)c1F. The molecule has 3 rings (SSSR count). The molecule has 4 nitrogen and oxygen atoms in total. The Balaban J connectivity index is 1.79. The lowest BCUT2D eigenvalue weighted by Gasteiger charge is -2.27. The molecule has 0 amide bonds. The molecule has 1 saturated heterocycles. The van der Waals surface area contributed by atoms with E-state index in [9.17, 15) is 9.50 Å². The van der Waals surface area contributed by atoms with Crippen LogP contribution in [0.3, 0.4) is 0 Å². The number of rotatable bonds is 5. The fourth-order valence-corrected chi connectivity index (χ4v) is 3.78. The molecule has 1 aliphatic rings. The molecule has 2 aromatic heterocycles. The average Bonchev–Trinajstić information content (AvgIpc) is 3.19. The average molecular weight is 321 g/mol. The van der Waals surface area contributed by atoms with E-state index >= 15 is 0 Å². The number of aliphatic hydroxyl groups excluding tert-OH is 1. The third kappa shape index (κ3) is 2.98. The second kappa shape index (κ2) is 6.71. The first kappa shape index (κ1) is 15.4. The summed E-state index contributed by atoms with van der Waals surface area (Å²) in [7, 11) is 0. The van der Waals surface area contributed by atoms with Crippen molar-refractivity contribution in [3.05, 3.63) is 40.2 Å². The summed E-state index contributed by atoms with van der Waals surface area (Å²) >= 11 is 1.55. The number of aliphatic hydroxyl groups is 1. The van der Waals surface area contributed by atoms with Gasteiger partial charge in [0.2, 0.25) is 0 Å². The summed E-state index contributed by atoms with van der Waals surface area (Å²) in [6.07, 6.45) is 4.03. The van der Waals surface area contributed by atoms with Gasteiger partial charge in [-0.05, 0) is 37.1 Å². The van der Waals surface area contributed by atoms with E-state index in [1.807, 2.05) is 29.3 Å². The zero-order valence-corrected chi connectivity index (χ0v) is 13.4. The van der Waals surface area contributed by atoms with Crippen LogP contribution in [0.2, 0.25) is 0 Å². The van der Waals surface area contributed by atoms with Gasteiger partial charge in [0.25, 0.3) is 0 Å². The standard InChI is InChI=1S/C16H20FN3OS/c1-2-12-15(17)16(19-10-18-12)20-7-3-5-11(20)9-13(21)14-6-4-8-22-14/h4,6,8,10-11,13,21H,2-3,5,7,9H2,1H3. The quantitative estimate of drug-likeness (QED) is 0.918. The number of aryl methyl sites for hydroxylation is 1. The molecule has 1 aliphatic heterocycles. The molecule has 3 heterocycles. The van der Waals surface area contributed by atoms with Crippen LogP contribution in [0.5, 0.6) is 0 Å². The third-order valence-electron chi connectivity index (χ3n) is 4.19. The van der Waals surface area contributed by atoms with Gasteiger partial charge in [0, 0.05) is 17.5 Å². The Hall–Kier alpha value is -1.53. The zero-order chi connectivity index (χ0) is 15.5. The second-order valence-corrected chi connectivity index (χ2v) is 6.55. The van der Waals surface area contributed by atoms with Gasteiger partial charge in [-0.25, -0.2) is 14.4 Å². The first-order valence-electron chi connectivity index (χ1n) is 7.68. The summed E-state index contributed by atoms with van der Waals surface area (Å²) in [4.78, 5) is 11.1. The van der Waals surface area contributed by atoms with Gasteiger partial charge in [-0.1, -0.05) is 13.0 Å². The predicted octanol–water partition coefficient (Wildman–Crippen LogP) is 3.33. The fraction of sp³-hybridized carbons (Fsp3) is 0.500. The highest BCUT2D eigenvalue weighted by Gasteiger charge is 2.30. The fourth-order valence-electron chi connectivity index (χ4n) is 3.06. The number of nitrogens with zero attached hydrogens (tertiary/aromatic N) is 3. The molecule has 0 aliphatic carbocycles. The van der Waals surface area contributed by atoms with Crippen molar-refractivity contribution >= 4 is 17.2 Å².